The Bertz CT molecular complexity index is 1700. The molecule has 1 aromatic heterocycles. The number of hydrogen-bond acceptors (Lipinski definition) is 7. The number of aromatic nitrogens is 1. The topological polar surface area (TPSA) is 143 Å². The third-order valence-electron chi connectivity index (χ3n) is 6.78. The van der Waals surface area contributed by atoms with Gasteiger partial charge in [0.15, 0.2) is 0 Å². The quantitative estimate of drug-likeness (QED) is 0.381. The van der Waals surface area contributed by atoms with Gasteiger partial charge in [-0.2, -0.15) is 13.2 Å². The molecule has 2 heterocycles. The number of anilines is 2. The molecule has 2 aliphatic rings. The average Bonchev–Trinajstić information content (AvgIpc) is 3.50. The first-order chi connectivity index (χ1) is 18.7. The highest BCUT2D eigenvalue weighted by Crippen LogP contribution is 2.51. The number of sulfonamides is 1. The third-order valence-corrected chi connectivity index (χ3v) is 9.52. The van der Waals surface area contributed by atoms with Crippen LogP contribution in [0.3, 0.4) is 0 Å². The van der Waals surface area contributed by atoms with Crippen LogP contribution in [-0.4, -0.2) is 44.8 Å². The highest BCUT2D eigenvalue weighted by atomic mass is 32.2. The first-order valence-electron chi connectivity index (χ1n) is 11.8. The van der Waals surface area contributed by atoms with Crippen LogP contribution in [0.1, 0.15) is 17.5 Å². The number of carbonyl (C=O) groups is 2. The van der Waals surface area contributed by atoms with E-state index in [-0.39, 0.29) is 30.0 Å². The smallest absolute Gasteiger partial charge is 0.322 e. The number of carbonyl (C=O) groups excluding carboxylic acids is 2. The minimum absolute atomic E-state index is 0.0931. The molecule has 3 aromatic rings. The van der Waals surface area contributed by atoms with Crippen molar-refractivity contribution in [2.75, 3.05) is 9.62 Å². The molecular weight excluding hydrogens is 573 g/mol. The second-order valence-electron chi connectivity index (χ2n) is 9.47. The lowest BCUT2D eigenvalue weighted by Crippen LogP contribution is -2.35. The molecule has 2 unspecified atom stereocenters. The van der Waals surface area contributed by atoms with Crippen molar-refractivity contribution in [2.24, 2.45) is 5.92 Å². The zero-order chi connectivity index (χ0) is 28.9. The molecule has 210 valence electrons. The summed E-state index contributed by atoms with van der Waals surface area (Å²) in [5.74, 6) is -1.31. The number of nitrogens with one attached hydrogen (secondary N) is 2. The molecule has 1 spiro atoms. The van der Waals surface area contributed by atoms with Gasteiger partial charge in [-0.25, -0.2) is 26.5 Å². The maximum Gasteiger partial charge on any atom is 0.501 e. The number of benzene rings is 2. The number of sulfone groups is 1. The summed E-state index contributed by atoms with van der Waals surface area (Å²) in [6, 6.07) is 12.6. The van der Waals surface area contributed by atoms with E-state index >= 15 is 0 Å². The summed E-state index contributed by atoms with van der Waals surface area (Å²) in [7, 11) is -9.38. The Kier molecular flexibility index (Phi) is 6.61. The minimum atomic E-state index is -5.59. The lowest BCUT2D eigenvalue weighted by molar-refractivity contribution is -0.119. The summed E-state index contributed by atoms with van der Waals surface area (Å²) < 4.78 is 89.8. The van der Waals surface area contributed by atoms with E-state index in [9.17, 15) is 39.6 Å². The van der Waals surface area contributed by atoms with E-state index in [1.165, 1.54) is 12.4 Å². The van der Waals surface area contributed by atoms with Crippen LogP contribution in [0.25, 0.3) is 0 Å². The van der Waals surface area contributed by atoms with Gasteiger partial charge in [-0.15, -0.1) is 0 Å². The highest BCUT2D eigenvalue weighted by Gasteiger charge is 2.67. The Morgan fingerprint density at radius 3 is 2.33 bits per heavy atom. The lowest BCUT2D eigenvalue weighted by atomic mass is 10.0. The van der Waals surface area contributed by atoms with Gasteiger partial charge in [0.2, 0.25) is 10.0 Å². The van der Waals surface area contributed by atoms with Gasteiger partial charge in [0.1, 0.15) is 5.54 Å². The van der Waals surface area contributed by atoms with E-state index in [1.54, 1.807) is 36.4 Å². The summed E-state index contributed by atoms with van der Waals surface area (Å²) in [4.78, 5) is 29.7. The maximum atomic E-state index is 13.3. The van der Waals surface area contributed by atoms with Gasteiger partial charge in [0.05, 0.1) is 28.2 Å². The molecule has 40 heavy (non-hydrogen) atoms. The lowest BCUT2D eigenvalue weighted by Gasteiger charge is -2.15. The molecule has 2 aromatic carbocycles. The van der Waals surface area contributed by atoms with E-state index in [2.05, 4.69) is 15.0 Å². The highest BCUT2D eigenvalue weighted by molar-refractivity contribution is 7.92. The summed E-state index contributed by atoms with van der Waals surface area (Å²) in [6.07, 6.45) is 3.28. The largest absolute Gasteiger partial charge is 0.501 e. The summed E-state index contributed by atoms with van der Waals surface area (Å²) in [5.41, 5.74) is -5.50. The summed E-state index contributed by atoms with van der Waals surface area (Å²) in [5, 5.41) is 2.63. The van der Waals surface area contributed by atoms with Gasteiger partial charge < -0.3 is 5.32 Å². The van der Waals surface area contributed by atoms with E-state index < -0.39 is 53.7 Å². The number of pyridine rings is 1. The van der Waals surface area contributed by atoms with Crippen molar-refractivity contribution in [3.8, 4) is 0 Å². The van der Waals surface area contributed by atoms with E-state index in [0.29, 0.717) is 23.3 Å². The number of amides is 3. The zero-order valence-corrected chi connectivity index (χ0v) is 22.1. The van der Waals surface area contributed by atoms with Crippen LogP contribution in [0.2, 0.25) is 0 Å². The molecule has 3 amide bonds. The molecule has 2 atom stereocenters. The second kappa shape index (κ2) is 9.59. The zero-order valence-electron chi connectivity index (χ0n) is 20.4. The van der Waals surface area contributed by atoms with Crippen LogP contribution < -0.4 is 14.9 Å². The maximum absolute atomic E-state index is 13.3. The van der Waals surface area contributed by atoms with E-state index in [4.69, 9.17) is 0 Å². The number of halogens is 3. The minimum Gasteiger partial charge on any atom is -0.322 e. The molecule has 1 aliphatic heterocycles. The van der Waals surface area contributed by atoms with Gasteiger partial charge in [-0.3, -0.25) is 14.5 Å². The number of imide groups is 1. The molecule has 10 nitrogen and oxygen atoms in total. The predicted molar refractivity (Wildman–Crippen MR) is 137 cm³/mol. The molecule has 5 rings (SSSR count). The fraction of sp³-hybridized carbons (Fsp3) is 0.240. The van der Waals surface area contributed by atoms with Crippen molar-refractivity contribution in [2.45, 2.75) is 34.5 Å². The van der Waals surface area contributed by atoms with Gasteiger partial charge in [0, 0.05) is 6.20 Å². The van der Waals surface area contributed by atoms with Crippen molar-refractivity contribution in [3.63, 3.8) is 0 Å². The Morgan fingerprint density at radius 2 is 1.68 bits per heavy atom. The average molecular weight is 595 g/mol. The van der Waals surface area contributed by atoms with Crippen molar-refractivity contribution in [1.82, 2.24) is 10.3 Å². The third kappa shape index (κ3) is 5.01. The molecule has 0 bridgehead atoms. The standard InChI is InChI=1S/C25H21F3N4O6S2/c26-25(27,28)40(37,38)20-8-6-19(7-9-20)32-22(33)24(30-23(32)34)13-18(24)12-17-10-11-29-14-21(17)31-39(35,36)15-16-4-2-1-3-5-16/h1-11,14,18,31H,12-13,15H2,(H,30,34). The van der Waals surface area contributed by atoms with Gasteiger partial charge in [0.25, 0.3) is 15.7 Å². The fourth-order valence-corrected chi connectivity index (χ4v) is 6.67. The van der Waals surface area contributed by atoms with E-state index in [1.807, 2.05) is 0 Å². The van der Waals surface area contributed by atoms with Crippen molar-refractivity contribution in [3.05, 3.63) is 84.2 Å². The van der Waals surface area contributed by atoms with Gasteiger partial charge in [-0.1, -0.05) is 30.3 Å². The number of nitrogens with zero attached hydrogens (tertiary/aromatic N) is 2. The normalized spacial score (nSPS) is 21.0. The molecular formula is C25H21F3N4O6S2. The molecule has 2 fully saturated rings. The van der Waals surface area contributed by atoms with Gasteiger partial charge >= 0.3 is 11.5 Å². The van der Waals surface area contributed by atoms with Crippen LogP contribution >= 0.6 is 0 Å². The summed E-state index contributed by atoms with van der Waals surface area (Å²) in [6.45, 7) is 0. The molecule has 1 aliphatic carbocycles. The second-order valence-corrected chi connectivity index (χ2v) is 13.1. The molecule has 1 saturated carbocycles. The summed E-state index contributed by atoms with van der Waals surface area (Å²) >= 11 is 0. The Balaban J connectivity index is 1.31. The molecule has 15 heteroatoms. The first kappa shape index (κ1) is 27.6. The van der Waals surface area contributed by atoms with Gasteiger partial charge in [-0.05, 0) is 60.2 Å². The van der Waals surface area contributed by atoms with Crippen molar-refractivity contribution >= 4 is 43.2 Å². The van der Waals surface area contributed by atoms with Crippen LogP contribution in [-0.2, 0) is 36.8 Å². The van der Waals surface area contributed by atoms with E-state index in [0.717, 1.165) is 17.0 Å². The monoisotopic (exact) mass is 594 g/mol. The number of urea groups is 1. The van der Waals surface area contributed by atoms with Crippen LogP contribution in [0.5, 0.6) is 0 Å². The van der Waals surface area contributed by atoms with Crippen LogP contribution in [0.4, 0.5) is 29.3 Å². The number of rotatable bonds is 8. The fourth-order valence-electron chi connectivity index (χ4n) is 4.68. The van der Waals surface area contributed by atoms with Crippen molar-refractivity contribution < 1.29 is 39.6 Å². The first-order valence-corrected chi connectivity index (χ1v) is 14.9. The number of alkyl halides is 3. The molecule has 0 radical (unpaired) electrons. The Morgan fingerprint density at radius 1 is 1.00 bits per heavy atom. The number of hydrogen-bond donors (Lipinski definition) is 2. The van der Waals surface area contributed by atoms with Crippen LogP contribution in [0.15, 0.2) is 78.0 Å². The SMILES string of the molecule is O=C1NC2(CC2Cc2ccncc2NS(=O)(=O)Cc2ccccc2)C(=O)N1c1ccc(S(=O)(=O)C(F)(F)F)cc1. The van der Waals surface area contributed by atoms with Crippen LogP contribution in [0, 0.1) is 5.92 Å². The molecule has 2 N–H and O–H groups in total. The van der Waals surface area contributed by atoms with Crippen molar-refractivity contribution in [1.29, 1.82) is 0 Å². The predicted octanol–water partition coefficient (Wildman–Crippen LogP) is 3.37. The Labute approximate surface area is 227 Å². The Hall–Kier alpha value is -3.98. The molecule has 1 saturated heterocycles.